The van der Waals surface area contributed by atoms with E-state index >= 15 is 0 Å². The zero-order valence-electron chi connectivity index (χ0n) is 16.9. The first kappa shape index (κ1) is 20.1. The van der Waals surface area contributed by atoms with Gasteiger partial charge in [0, 0.05) is 12.1 Å². The highest BCUT2D eigenvalue weighted by molar-refractivity contribution is 5.96. The minimum absolute atomic E-state index is 0.0738. The molecule has 0 bridgehead atoms. The van der Waals surface area contributed by atoms with E-state index in [0.717, 1.165) is 22.4 Å². The first-order chi connectivity index (χ1) is 14.7. The molecule has 0 saturated carbocycles. The maximum Gasteiger partial charge on any atom is 0.254 e. The van der Waals surface area contributed by atoms with Crippen LogP contribution in [0.1, 0.15) is 22.0 Å². The minimum Gasteiger partial charge on any atom is -0.497 e. The van der Waals surface area contributed by atoms with Crippen molar-refractivity contribution in [3.05, 3.63) is 90.0 Å². The fourth-order valence-corrected chi connectivity index (χ4v) is 3.96. The van der Waals surface area contributed by atoms with E-state index < -0.39 is 6.10 Å². The fraction of sp³-hybridized carbons (Fsp3) is 0.240. The average molecular weight is 403 g/mol. The van der Waals surface area contributed by atoms with Crippen LogP contribution in [-0.4, -0.2) is 48.9 Å². The Hall–Kier alpha value is -3.15. The lowest BCUT2D eigenvalue weighted by Crippen LogP contribution is -2.49. The standard InChI is InChI=1S/C25H25NO4/c1-29-22-12-6-10-20(16-22)19-9-5-11-21(15-19)25(28)26-13-14-30-23(17-27)24(26)18-7-3-2-4-8-18/h2-12,15-16,23-24,27H,13-14,17H2,1H3/t23-,24-/m0/s1. The lowest BCUT2D eigenvalue weighted by atomic mass is 9.96. The predicted molar refractivity (Wildman–Crippen MR) is 115 cm³/mol. The van der Waals surface area contributed by atoms with Crippen LogP contribution in [0.2, 0.25) is 0 Å². The first-order valence-electron chi connectivity index (χ1n) is 10.0. The number of aliphatic hydroxyl groups excluding tert-OH is 1. The number of morpholine rings is 1. The molecule has 1 aliphatic heterocycles. The Morgan fingerprint density at radius 1 is 1.03 bits per heavy atom. The summed E-state index contributed by atoms with van der Waals surface area (Å²) >= 11 is 0. The summed E-state index contributed by atoms with van der Waals surface area (Å²) in [7, 11) is 1.64. The minimum atomic E-state index is -0.452. The molecule has 0 aliphatic carbocycles. The van der Waals surface area contributed by atoms with E-state index in [0.29, 0.717) is 18.7 Å². The highest BCUT2D eigenvalue weighted by Crippen LogP contribution is 2.32. The van der Waals surface area contributed by atoms with Crippen molar-refractivity contribution in [1.82, 2.24) is 4.90 Å². The van der Waals surface area contributed by atoms with E-state index in [1.807, 2.05) is 83.8 Å². The summed E-state index contributed by atoms with van der Waals surface area (Å²) in [6.07, 6.45) is -0.452. The van der Waals surface area contributed by atoms with Gasteiger partial charge >= 0.3 is 0 Å². The van der Waals surface area contributed by atoms with E-state index in [1.165, 1.54) is 0 Å². The molecular weight excluding hydrogens is 378 g/mol. The summed E-state index contributed by atoms with van der Waals surface area (Å²) in [5.41, 5.74) is 3.49. The Bertz CT molecular complexity index is 1000. The number of hydrogen-bond donors (Lipinski definition) is 1. The SMILES string of the molecule is COc1cccc(-c2cccc(C(=O)N3CCO[C@@H](CO)[C@@H]3c3ccccc3)c2)c1. The Labute approximate surface area is 176 Å². The molecular formula is C25H25NO4. The number of ether oxygens (including phenoxy) is 2. The number of nitrogens with zero attached hydrogens (tertiary/aromatic N) is 1. The van der Waals surface area contributed by atoms with Gasteiger partial charge in [-0.3, -0.25) is 4.79 Å². The van der Waals surface area contributed by atoms with Gasteiger partial charge in [-0.1, -0.05) is 54.6 Å². The van der Waals surface area contributed by atoms with Gasteiger partial charge in [0.1, 0.15) is 11.9 Å². The highest BCUT2D eigenvalue weighted by Gasteiger charge is 2.36. The third-order valence-corrected chi connectivity index (χ3v) is 5.45. The van der Waals surface area contributed by atoms with Crippen LogP contribution in [0.25, 0.3) is 11.1 Å². The number of benzene rings is 3. The summed E-state index contributed by atoms with van der Waals surface area (Å²) in [4.78, 5) is 15.3. The molecule has 0 radical (unpaired) electrons. The number of methoxy groups -OCH3 is 1. The number of rotatable bonds is 5. The van der Waals surface area contributed by atoms with E-state index in [1.54, 1.807) is 7.11 Å². The van der Waals surface area contributed by atoms with Gasteiger partial charge in [0.05, 0.1) is 26.4 Å². The van der Waals surface area contributed by atoms with Gasteiger partial charge in [-0.25, -0.2) is 0 Å². The lowest BCUT2D eigenvalue weighted by molar-refractivity contribution is -0.0811. The largest absolute Gasteiger partial charge is 0.497 e. The molecule has 1 aliphatic rings. The summed E-state index contributed by atoms with van der Waals surface area (Å²) in [5, 5.41) is 9.86. The Morgan fingerprint density at radius 2 is 1.77 bits per heavy atom. The molecule has 4 rings (SSSR count). The van der Waals surface area contributed by atoms with Gasteiger partial charge in [-0.15, -0.1) is 0 Å². The lowest BCUT2D eigenvalue weighted by Gasteiger charge is -2.41. The van der Waals surface area contributed by atoms with Gasteiger partial charge in [-0.2, -0.15) is 0 Å². The Kier molecular flexibility index (Phi) is 6.12. The molecule has 1 fully saturated rings. The van der Waals surface area contributed by atoms with Gasteiger partial charge in [0.2, 0.25) is 0 Å². The molecule has 1 saturated heterocycles. The number of aliphatic hydroxyl groups is 1. The number of amides is 1. The van der Waals surface area contributed by atoms with Crippen molar-refractivity contribution >= 4 is 5.91 Å². The Balaban J connectivity index is 1.67. The van der Waals surface area contributed by atoms with Crippen LogP contribution >= 0.6 is 0 Å². The zero-order valence-corrected chi connectivity index (χ0v) is 16.9. The van der Waals surface area contributed by atoms with Crippen LogP contribution in [0, 0.1) is 0 Å². The molecule has 1 N–H and O–H groups in total. The van der Waals surface area contributed by atoms with Crippen LogP contribution in [0.4, 0.5) is 0 Å². The summed E-state index contributed by atoms with van der Waals surface area (Å²) < 4.78 is 11.1. The molecule has 2 atom stereocenters. The molecule has 5 nitrogen and oxygen atoms in total. The summed E-state index contributed by atoms with van der Waals surface area (Å²) in [5.74, 6) is 0.697. The second-order valence-electron chi connectivity index (χ2n) is 7.26. The van der Waals surface area contributed by atoms with Crippen molar-refractivity contribution in [2.24, 2.45) is 0 Å². The topological polar surface area (TPSA) is 59.0 Å². The third kappa shape index (κ3) is 4.08. The van der Waals surface area contributed by atoms with Crippen molar-refractivity contribution in [1.29, 1.82) is 0 Å². The van der Waals surface area contributed by atoms with Crippen molar-refractivity contribution in [2.75, 3.05) is 26.9 Å². The summed E-state index contributed by atoms with van der Waals surface area (Å²) in [6.45, 7) is 0.724. The van der Waals surface area contributed by atoms with Crippen LogP contribution in [0.3, 0.4) is 0 Å². The van der Waals surface area contributed by atoms with Crippen LogP contribution < -0.4 is 4.74 Å². The maximum atomic E-state index is 13.5. The molecule has 0 unspecified atom stereocenters. The van der Waals surface area contributed by atoms with E-state index in [9.17, 15) is 9.90 Å². The van der Waals surface area contributed by atoms with E-state index in [4.69, 9.17) is 9.47 Å². The second-order valence-corrected chi connectivity index (χ2v) is 7.26. The summed E-state index contributed by atoms with van der Waals surface area (Å²) in [6, 6.07) is 24.8. The van der Waals surface area contributed by atoms with Crippen LogP contribution in [0.5, 0.6) is 5.75 Å². The first-order valence-corrected chi connectivity index (χ1v) is 10.0. The van der Waals surface area contributed by atoms with Crippen molar-refractivity contribution < 1.29 is 19.4 Å². The van der Waals surface area contributed by atoms with Crippen LogP contribution in [-0.2, 0) is 4.74 Å². The molecule has 5 heteroatoms. The molecule has 3 aromatic rings. The normalized spacial score (nSPS) is 18.8. The van der Waals surface area contributed by atoms with Gasteiger partial charge < -0.3 is 19.5 Å². The highest BCUT2D eigenvalue weighted by atomic mass is 16.5. The van der Waals surface area contributed by atoms with Gasteiger partial charge in [0.15, 0.2) is 0 Å². The average Bonchev–Trinajstić information content (AvgIpc) is 2.83. The molecule has 3 aromatic carbocycles. The monoisotopic (exact) mass is 403 g/mol. The Morgan fingerprint density at radius 3 is 2.50 bits per heavy atom. The van der Waals surface area contributed by atoms with Gasteiger partial charge in [0.25, 0.3) is 5.91 Å². The third-order valence-electron chi connectivity index (χ3n) is 5.45. The fourth-order valence-electron chi connectivity index (χ4n) is 3.96. The van der Waals surface area contributed by atoms with Crippen molar-refractivity contribution in [3.63, 3.8) is 0 Å². The molecule has 30 heavy (non-hydrogen) atoms. The predicted octanol–water partition coefficient (Wildman–Crippen LogP) is 3.94. The van der Waals surface area contributed by atoms with Crippen molar-refractivity contribution in [2.45, 2.75) is 12.1 Å². The van der Waals surface area contributed by atoms with Crippen LogP contribution in [0.15, 0.2) is 78.9 Å². The second kappa shape index (κ2) is 9.11. The van der Waals surface area contributed by atoms with Gasteiger partial charge in [-0.05, 0) is 41.0 Å². The molecule has 1 heterocycles. The van der Waals surface area contributed by atoms with E-state index in [2.05, 4.69) is 0 Å². The quantitative estimate of drug-likeness (QED) is 0.701. The number of carbonyl (C=O) groups excluding carboxylic acids is 1. The number of carbonyl (C=O) groups is 1. The van der Waals surface area contributed by atoms with Crippen molar-refractivity contribution in [3.8, 4) is 16.9 Å². The maximum absolute atomic E-state index is 13.5. The number of hydrogen-bond acceptors (Lipinski definition) is 4. The molecule has 154 valence electrons. The zero-order chi connectivity index (χ0) is 20.9. The van der Waals surface area contributed by atoms with E-state index in [-0.39, 0.29) is 18.6 Å². The molecule has 1 amide bonds. The smallest absolute Gasteiger partial charge is 0.254 e. The molecule has 0 aromatic heterocycles. The molecule has 0 spiro atoms.